The van der Waals surface area contributed by atoms with Gasteiger partial charge in [-0.15, -0.1) is 0 Å². The molecule has 134 valence electrons. The second-order valence-electron chi connectivity index (χ2n) is 7.93. The number of fused-ring (bicyclic) bond motifs is 2. The molecule has 2 fully saturated rings. The van der Waals surface area contributed by atoms with Gasteiger partial charge in [0.2, 0.25) is 0 Å². The highest BCUT2D eigenvalue weighted by atomic mass is 16.6. The smallest absolute Gasteiger partial charge is 0.410 e. The van der Waals surface area contributed by atoms with Crippen molar-refractivity contribution in [3.8, 4) is 5.75 Å². The maximum Gasteiger partial charge on any atom is 0.410 e. The predicted octanol–water partition coefficient (Wildman–Crippen LogP) is 2.81. The van der Waals surface area contributed by atoms with Crippen LogP contribution in [-0.2, 0) is 4.74 Å². The number of anilines is 1. The number of nitrogens with zero attached hydrogens (tertiary/aromatic N) is 3. The first-order valence-electron chi connectivity index (χ1n) is 8.59. The van der Waals surface area contributed by atoms with Gasteiger partial charge in [-0.3, -0.25) is 4.68 Å². The van der Waals surface area contributed by atoms with Crippen LogP contribution in [-0.4, -0.2) is 46.1 Å². The van der Waals surface area contributed by atoms with Crippen LogP contribution in [0.4, 0.5) is 10.5 Å². The molecule has 1 aromatic heterocycles. The van der Waals surface area contributed by atoms with Crippen molar-refractivity contribution in [1.82, 2.24) is 14.7 Å². The number of piperidine rings is 1. The highest BCUT2D eigenvalue weighted by Gasteiger charge is 2.56. The number of rotatable bonds is 2. The van der Waals surface area contributed by atoms with E-state index in [1.54, 1.807) is 7.11 Å². The number of nitrogen functional groups attached to an aromatic ring is 1. The summed E-state index contributed by atoms with van der Waals surface area (Å²) in [6.45, 7) is 6.40. The molecule has 1 saturated carbocycles. The lowest BCUT2D eigenvalue weighted by molar-refractivity contribution is -0.103. The first kappa shape index (κ1) is 16.1. The quantitative estimate of drug-likeness (QED) is 0.847. The van der Waals surface area contributed by atoms with Crippen LogP contribution >= 0.6 is 0 Å². The highest BCUT2D eigenvalue weighted by Crippen LogP contribution is 2.50. The van der Waals surface area contributed by atoms with Crippen molar-refractivity contribution >= 4 is 22.7 Å². The van der Waals surface area contributed by atoms with Crippen molar-refractivity contribution in [2.45, 2.75) is 44.9 Å². The van der Waals surface area contributed by atoms with Crippen molar-refractivity contribution in [3.05, 3.63) is 18.3 Å². The molecule has 0 bridgehead atoms. The Kier molecular flexibility index (Phi) is 3.39. The minimum Gasteiger partial charge on any atom is -0.495 e. The number of ether oxygens (including phenoxy) is 2. The molecule has 3 unspecified atom stereocenters. The van der Waals surface area contributed by atoms with Crippen LogP contribution < -0.4 is 10.5 Å². The van der Waals surface area contributed by atoms with Crippen LogP contribution in [0.15, 0.2) is 18.3 Å². The van der Waals surface area contributed by atoms with E-state index in [0.29, 0.717) is 23.4 Å². The molecule has 25 heavy (non-hydrogen) atoms. The summed E-state index contributed by atoms with van der Waals surface area (Å²) in [5.41, 5.74) is 7.00. The Balaban J connectivity index is 1.46. The zero-order valence-corrected chi connectivity index (χ0v) is 15.0. The SMILES string of the molecule is COc1cc2nn(C3CC4C3CN4C(=O)OC(C)(C)C)cc2cc1N. The summed E-state index contributed by atoms with van der Waals surface area (Å²) in [5.74, 6) is 1.09. The molecule has 4 rings (SSSR count). The van der Waals surface area contributed by atoms with Crippen LogP contribution in [0.25, 0.3) is 10.9 Å². The molecule has 0 spiro atoms. The molecule has 2 aromatic rings. The second kappa shape index (κ2) is 5.28. The maximum atomic E-state index is 12.2. The van der Waals surface area contributed by atoms with Crippen molar-refractivity contribution < 1.29 is 14.3 Å². The van der Waals surface area contributed by atoms with Gasteiger partial charge < -0.3 is 20.1 Å². The molecule has 7 heteroatoms. The zero-order valence-electron chi connectivity index (χ0n) is 15.0. The molecule has 0 radical (unpaired) electrons. The lowest BCUT2D eigenvalue weighted by atomic mass is 9.67. The van der Waals surface area contributed by atoms with Gasteiger partial charge in [0, 0.05) is 36.2 Å². The van der Waals surface area contributed by atoms with Gasteiger partial charge in [-0.25, -0.2) is 4.79 Å². The van der Waals surface area contributed by atoms with Crippen molar-refractivity contribution in [3.63, 3.8) is 0 Å². The van der Waals surface area contributed by atoms with E-state index in [2.05, 4.69) is 5.10 Å². The van der Waals surface area contributed by atoms with Crippen LogP contribution in [0.3, 0.4) is 0 Å². The number of benzene rings is 1. The van der Waals surface area contributed by atoms with E-state index in [1.165, 1.54) is 0 Å². The third kappa shape index (κ3) is 2.58. The Hall–Kier alpha value is -2.44. The molecule has 2 aliphatic rings. The van der Waals surface area contributed by atoms with Crippen molar-refractivity contribution in [2.75, 3.05) is 19.4 Å². The molecule has 1 saturated heterocycles. The van der Waals surface area contributed by atoms with Gasteiger partial charge in [0.1, 0.15) is 11.4 Å². The molecule has 3 atom stereocenters. The van der Waals surface area contributed by atoms with Gasteiger partial charge in [-0.1, -0.05) is 0 Å². The summed E-state index contributed by atoms with van der Waals surface area (Å²) in [4.78, 5) is 14.0. The fourth-order valence-corrected chi connectivity index (χ4v) is 3.75. The summed E-state index contributed by atoms with van der Waals surface area (Å²) < 4.78 is 12.7. The number of nitrogens with two attached hydrogens (primary N) is 1. The molecule has 7 nitrogen and oxygen atoms in total. The van der Waals surface area contributed by atoms with E-state index in [1.807, 2.05) is 48.7 Å². The third-order valence-corrected chi connectivity index (χ3v) is 5.12. The average molecular weight is 344 g/mol. The Morgan fingerprint density at radius 1 is 1.32 bits per heavy atom. The van der Waals surface area contributed by atoms with Crippen molar-refractivity contribution in [1.29, 1.82) is 0 Å². The Labute approximate surface area is 146 Å². The molecule has 2 heterocycles. The normalized spacial score (nSPS) is 25.1. The predicted molar refractivity (Wildman–Crippen MR) is 94.6 cm³/mol. The lowest BCUT2D eigenvalue weighted by Gasteiger charge is -2.59. The second-order valence-corrected chi connectivity index (χ2v) is 7.93. The van der Waals surface area contributed by atoms with Crippen LogP contribution in [0.5, 0.6) is 5.75 Å². The maximum absolute atomic E-state index is 12.2. The monoisotopic (exact) mass is 344 g/mol. The van der Waals surface area contributed by atoms with Crippen LogP contribution in [0.1, 0.15) is 33.2 Å². The number of hydrogen-bond donors (Lipinski definition) is 1. The summed E-state index contributed by atoms with van der Waals surface area (Å²) in [5, 5.41) is 5.68. The third-order valence-electron chi connectivity index (χ3n) is 5.12. The molecular formula is C18H24N4O3. The van der Waals surface area contributed by atoms with E-state index in [4.69, 9.17) is 15.2 Å². The van der Waals surface area contributed by atoms with Gasteiger partial charge in [0.25, 0.3) is 0 Å². The van der Waals surface area contributed by atoms with Crippen LogP contribution in [0, 0.1) is 5.92 Å². The Bertz CT molecular complexity index is 839. The van der Waals surface area contributed by atoms with E-state index in [0.717, 1.165) is 23.9 Å². The summed E-state index contributed by atoms with van der Waals surface area (Å²) in [7, 11) is 1.60. The topological polar surface area (TPSA) is 82.6 Å². The number of aromatic nitrogens is 2. The molecular weight excluding hydrogens is 320 g/mol. The average Bonchev–Trinajstić information content (AvgIpc) is 2.88. The van der Waals surface area contributed by atoms with Gasteiger partial charge >= 0.3 is 6.09 Å². The van der Waals surface area contributed by atoms with E-state index >= 15 is 0 Å². The van der Waals surface area contributed by atoms with E-state index in [-0.39, 0.29) is 12.1 Å². The van der Waals surface area contributed by atoms with Gasteiger partial charge in [-0.2, -0.15) is 5.10 Å². The summed E-state index contributed by atoms with van der Waals surface area (Å²) in [6, 6.07) is 4.35. The number of likely N-dealkylation sites (tertiary alicyclic amines) is 1. The van der Waals surface area contributed by atoms with Crippen molar-refractivity contribution in [2.24, 2.45) is 5.92 Å². The first-order valence-corrected chi connectivity index (χ1v) is 8.59. The number of methoxy groups -OCH3 is 1. The number of hydrogen-bond acceptors (Lipinski definition) is 5. The van der Waals surface area contributed by atoms with Gasteiger partial charge in [0.05, 0.1) is 24.4 Å². The highest BCUT2D eigenvalue weighted by molar-refractivity contribution is 5.84. The van der Waals surface area contributed by atoms with E-state index < -0.39 is 5.60 Å². The molecule has 1 aliphatic carbocycles. The number of carbonyl (C=O) groups is 1. The minimum atomic E-state index is -0.454. The van der Waals surface area contributed by atoms with E-state index in [9.17, 15) is 4.79 Å². The number of carbonyl (C=O) groups excluding carboxylic acids is 1. The Morgan fingerprint density at radius 3 is 2.68 bits per heavy atom. The fraction of sp³-hybridized carbons (Fsp3) is 0.556. The van der Waals surface area contributed by atoms with Gasteiger partial charge in [0.15, 0.2) is 0 Å². The molecule has 2 N–H and O–H groups in total. The molecule has 1 aliphatic heterocycles. The summed E-state index contributed by atoms with van der Waals surface area (Å²) >= 11 is 0. The zero-order chi connectivity index (χ0) is 17.9. The Morgan fingerprint density at radius 2 is 2.08 bits per heavy atom. The standard InChI is InChI=1S/C18H24N4O3/c1-18(2,3)25-17(23)21-9-11-14(21)7-15(11)22-8-10-5-12(19)16(24-4)6-13(10)20-22/h5-6,8,11,14-15H,7,9,19H2,1-4H3. The molecule has 1 aromatic carbocycles. The lowest BCUT2D eigenvalue weighted by Crippen LogP contribution is -2.68. The fourth-order valence-electron chi connectivity index (χ4n) is 3.75. The van der Waals surface area contributed by atoms with Crippen LogP contribution in [0.2, 0.25) is 0 Å². The largest absolute Gasteiger partial charge is 0.495 e. The minimum absolute atomic E-state index is 0.213. The summed E-state index contributed by atoms with van der Waals surface area (Å²) in [6.07, 6.45) is 2.72. The van der Waals surface area contributed by atoms with Gasteiger partial charge in [-0.05, 0) is 33.3 Å². The molecule has 1 amide bonds. The number of amides is 1. The first-order chi connectivity index (χ1) is 11.8.